The van der Waals surface area contributed by atoms with E-state index in [1.54, 1.807) is 32.2 Å². The molecule has 1 N–H and O–H groups in total. The molecule has 154 valence electrons. The highest BCUT2D eigenvalue weighted by molar-refractivity contribution is 7.11. The predicted octanol–water partition coefficient (Wildman–Crippen LogP) is 2.01. The molecule has 0 saturated carbocycles. The number of carbonyl (C=O) groups excluding carboxylic acids is 2. The molecule has 0 aliphatic carbocycles. The largest absolute Gasteiger partial charge is 0.493 e. The Bertz CT molecular complexity index is 923. The van der Waals surface area contributed by atoms with Gasteiger partial charge in [0.25, 0.3) is 11.8 Å². The lowest BCUT2D eigenvalue weighted by Crippen LogP contribution is -2.36. The Morgan fingerprint density at radius 3 is 2.48 bits per heavy atom. The first-order valence-electron chi connectivity index (χ1n) is 9.19. The number of aliphatic hydroxyl groups excluding tert-OH is 1. The van der Waals surface area contributed by atoms with Crippen molar-refractivity contribution in [3.8, 4) is 11.5 Å². The van der Waals surface area contributed by atoms with Crippen molar-refractivity contribution >= 4 is 28.7 Å². The zero-order chi connectivity index (χ0) is 21.0. The van der Waals surface area contributed by atoms with Crippen molar-refractivity contribution < 1.29 is 24.2 Å². The van der Waals surface area contributed by atoms with E-state index in [9.17, 15) is 14.7 Å². The Balaban J connectivity index is 1.83. The summed E-state index contributed by atoms with van der Waals surface area (Å²) in [6.45, 7) is 0.413. The van der Waals surface area contributed by atoms with E-state index >= 15 is 0 Å². The van der Waals surface area contributed by atoms with E-state index in [1.807, 2.05) is 29.6 Å². The third-order valence-electron chi connectivity index (χ3n) is 4.80. The lowest BCUT2D eigenvalue weighted by molar-refractivity contribution is -0.137. The molecule has 2 heterocycles. The van der Waals surface area contributed by atoms with Crippen LogP contribution in [0.4, 0.5) is 0 Å². The van der Waals surface area contributed by atoms with Crippen molar-refractivity contribution in [3.05, 3.63) is 51.8 Å². The van der Waals surface area contributed by atoms with Crippen molar-refractivity contribution in [3.63, 3.8) is 0 Å². The minimum absolute atomic E-state index is 0.106. The predicted molar refractivity (Wildman–Crippen MR) is 111 cm³/mol. The Morgan fingerprint density at radius 1 is 1.10 bits per heavy atom. The van der Waals surface area contributed by atoms with E-state index in [2.05, 4.69) is 0 Å². The minimum Gasteiger partial charge on any atom is -0.493 e. The lowest BCUT2D eigenvalue weighted by atomic mass is 10.1. The Labute approximate surface area is 173 Å². The van der Waals surface area contributed by atoms with Gasteiger partial charge in [-0.05, 0) is 35.6 Å². The van der Waals surface area contributed by atoms with Crippen LogP contribution in [0.3, 0.4) is 0 Å². The molecule has 8 heteroatoms. The third kappa shape index (κ3) is 4.13. The first-order chi connectivity index (χ1) is 14.0. The summed E-state index contributed by atoms with van der Waals surface area (Å²) in [6.07, 6.45) is 0.493. The molecule has 1 aromatic heterocycles. The van der Waals surface area contributed by atoms with Crippen LogP contribution in [0.15, 0.2) is 41.4 Å². The van der Waals surface area contributed by atoms with E-state index in [1.165, 1.54) is 16.2 Å². The van der Waals surface area contributed by atoms with Gasteiger partial charge in [0.15, 0.2) is 11.5 Å². The number of amides is 2. The van der Waals surface area contributed by atoms with Crippen molar-refractivity contribution in [2.75, 3.05) is 41.0 Å². The number of ether oxygens (including phenoxy) is 2. The van der Waals surface area contributed by atoms with Crippen LogP contribution in [-0.2, 0) is 16.0 Å². The van der Waals surface area contributed by atoms with Gasteiger partial charge in [0.05, 0.1) is 26.4 Å². The molecule has 1 aliphatic rings. The number of imide groups is 1. The number of nitrogens with zero attached hydrogens (tertiary/aromatic N) is 2. The van der Waals surface area contributed by atoms with Gasteiger partial charge in [-0.2, -0.15) is 0 Å². The van der Waals surface area contributed by atoms with Gasteiger partial charge in [0.1, 0.15) is 5.70 Å². The normalized spacial score (nSPS) is 14.0. The lowest BCUT2D eigenvalue weighted by Gasteiger charge is -2.20. The van der Waals surface area contributed by atoms with Gasteiger partial charge >= 0.3 is 0 Å². The van der Waals surface area contributed by atoms with Crippen LogP contribution in [0.1, 0.15) is 10.4 Å². The Kier molecular flexibility index (Phi) is 6.56. The number of hydrogen-bond acceptors (Lipinski definition) is 7. The molecular weight excluding hydrogens is 392 g/mol. The number of likely N-dealkylation sites (N-methyl/N-ethyl adjacent to an activating group) is 1. The van der Waals surface area contributed by atoms with Crippen LogP contribution in [0.2, 0.25) is 0 Å². The number of hydrogen-bond donors (Lipinski definition) is 1. The fraction of sp³-hybridized carbons (Fsp3) is 0.333. The maximum Gasteiger partial charge on any atom is 0.277 e. The molecule has 0 bridgehead atoms. The summed E-state index contributed by atoms with van der Waals surface area (Å²) in [5.74, 6) is 0.580. The summed E-state index contributed by atoms with van der Waals surface area (Å²) in [4.78, 5) is 29.8. The maximum absolute atomic E-state index is 13.1. The average Bonchev–Trinajstić information content (AvgIpc) is 3.33. The highest BCUT2D eigenvalue weighted by Crippen LogP contribution is 2.34. The molecule has 3 rings (SSSR count). The fourth-order valence-electron chi connectivity index (χ4n) is 3.30. The quantitative estimate of drug-likeness (QED) is 0.630. The molecule has 0 saturated heterocycles. The molecular formula is C21H24N2O5S. The van der Waals surface area contributed by atoms with Gasteiger partial charge in [-0.15, -0.1) is 11.3 Å². The standard InChI is InChI=1S/C21H24N2O5S/c1-22(10-11-24)19-18(17-5-4-12-29-17)20(25)23(21(19)26)9-8-14-6-7-15(27-2)16(13-14)28-3/h4-7,12-13,24H,8-11H2,1-3H3. The number of thiophene rings is 1. The van der Waals surface area contributed by atoms with Gasteiger partial charge in [0, 0.05) is 25.0 Å². The summed E-state index contributed by atoms with van der Waals surface area (Å²) in [6, 6.07) is 9.21. The SMILES string of the molecule is COc1ccc(CCN2C(=O)C(c3cccs3)=C(N(C)CCO)C2=O)cc1OC. The molecule has 0 atom stereocenters. The zero-order valence-corrected chi connectivity index (χ0v) is 17.5. The second-order valence-corrected chi connectivity index (χ2v) is 7.50. The van der Waals surface area contributed by atoms with Gasteiger partial charge in [-0.3, -0.25) is 14.5 Å². The van der Waals surface area contributed by atoms with Gasteiger partial charge in [-0.1, -0.05) is 12.1 Å². The fourth-order valence-corrected chi connectivity index (χ4v) is 4.06. The van der Waals surface area contributed by atoms with E-state index in [-0.39, 0.29) is 31.5 Å². The van der Waals surface area contributed by atoms with Crippen molar-refractivity contribution in [1.29, 1.82) is 0 Å². The second kappa shape index (κ2) is 9.11. The molecule has 29 heavy (non-hydrogen) atoms. The molecule has 0 unspecified atom stereocenters. The number of rotatable bonds is 9. The van der Waals surface area contributed by atoms with Crippen LogP contribution in [0, 0.1) is 0 Å². The minimum atomic E-state index is -0.338. The number of benzene rings is 1. The number of aliphatic hydroxyl groups is 1. The Morgan fingerprint density at radius 2 is 1.86 bits per heavy atom. The summed E-state index contributed by atoms with van der Waals surface area (Å²) in [7, 11) is 4.85. The highest BCUT2D eigenvalue weighted by atomic mass is 32.1. The van der Waals surface area contributed by atoms with Crippen LogP contribution in [-0.4, -0.2) is 67.7 Å². The third-order valence-corrected chi connectivity index (χ3v) is 5.69. The van der Waals surface area contributed by atoms with Gasteiger partial charge < -0.3 is 19.5 Å². The second-order valence-electron chi connectivity index (χ2n) is 6.55. The van der Waals surface area contributed by atoms with Crippen molar-refractivity contribution in [2.45, 2.75) is 6.42 Å². The first-order valence-corrected chi connectivity index (χ1v) is 10.1. The van der Waals surface area contributed by atoms with Crippen LogP contribution >= 0.6 is 11.3 Å². The van der Waals surface area contributed by atoms with Gasteiger partial charge in [-0.25, -0.2) is 0 Å². The highest BCUT2D eigenvalue weighted by Gasteiger charge is 2.40. The topological polar surface area (TPSA) is 79.3 Å². The van der Waals surface area contributed by atoms with Crippen molar-refractivity contribution in [1.82, 2.24) is 9.80 Å². The smallest absolute Gasteiger partial charge is 0.277 e. The molecule has 0 fully saturated rings. The molecule has 0 spiro atoms. The average molecular weight is 416 g/mol. The van der Waals surface area contributed by atoms with Crippen LogP contribution < -0.4 is 9.47 Å². The Hall–Kier alpha value is -2.84. The zero-order valence-electron chi connectivity index (χ0n) is 16.7. The molecule has 7 nitrogen and oxygen atoms in total. The summed E-state index contributed by atoms with van der Waals surface area (Å²) in [5.41, 5.74) is 1.66. The summed E-state index contributed by atoms with van der Waals surface area (Å²) >= 11 is 1.41. The van der Waals surface area contributed by atoms with Gasteiger partial charge in [0.2, 0.25) is 0 Å². The molecule has 1 aromatic carbocycles. The van der Waals surface area contributed by atoms with Crippen LogP contribution in [0.25, 0.3) is 5.57 Å². The van der Waals surface area contributed by atoms with E-state index < -0.39 is 0 Å². The summed E-state index contributed by atoms with van der Waals surface area (Å²) in [5, 5.41) is 11.2. The maximum atomic E-state index is 13.1. The number of methoxy groups -OCH3 is 2. The molecule has 2 aromatic rings. The van der Waals surface area contributed by atoms with E-state index in [0.29, 0.717) is 29.2 Å². The summed E-state index contributed by atoms with van der Waals surface area (Å²) < 4.78 is 10.6. The molecule has 1 aliphatic heterocycles. The monoisotopic (exact) mass is 416 g/mol. The molecule has 0 radical (unpaired) electrons. The van der Waals surface area contributed by atoms with Crippen LogP contribution in [0.5, 0.6) is 11.5 Å². The van der Waals surface area contributed by atoms with E-state index in [4.69, 9.17) is 9.47 Å². The first kappa shape index (κ1) is 20.9. The molecule has 2 amide bonds. The van der Waals surface area contributed by atoms with E-state index in [0.717, 1.165) is 10.4 Å². The van der Waals surface area contributed by atoms with Crippen molar-refractivity contribution in [2.24, 2.45) is 0 Å². The number of carbonyl (C=O) groups is 2.